The molecule has 1 amide bonds. The Morgan fingerprint density at radius 3 is 2.53 bits per heavy atom. The van der Waals surface area contributed by atoms with Crippen LogP contribution < -0.4 is 5.32 Å². The summed E-state index contributed by atoms with van der Waals surface area (Å²) >= 11 is 1.45. The molecule has 0 saturated heterocycles. The molecule has 4 rings (SSSR count). The Balaban J connectivity index is 1.79. The van der Waals surface area contributed by atoms with Crippen LogP contribution in [0.2, 0.25) is 0 Å². The normalized spacial score (nSPS) is 11.5. The number of fused-ring (bicyclic) bond motifs is 1. The molecule has 0 saturated carbocycles. The Bertz CT molecular complexity index is 1290. The lowest BCUT2D eigenvalue weighted by atomic mass is 10.1. The van der Waals surface area contributed by atoms with Gasteiger partial charge in [0.15, 0.2) is 5.13 Å². The molecule has 4 aromatic rings. The number of nitrogens with zero attached hydrogens (tertiary/aromatic N) is 3. The molecule has 1 N–H and O–H groups in total. The van der Waals surface area contributed by atoms with Gasteiger partial charge >= 0.3 is 5.97 Å². The van der Waals surface area contributed by atoms with E-state index in [2.05, 4.69) is 10.3 Å². The maximum absolute atomic E-state index is 12.5. The molecule has 0 unspecified atom stereocenters. The van der Waals surface area contributed by atoms with E-state index in [0.29, 0.717) is 28.6 Å². The predicted molar refractivity (Wildman–Crippen MR) is 126 cm³/mol. The molecule has 0 aliphatic carbocycles. The summed E-state index contributed by atoms with van der Waals surface area (Å²) in [5.74, 6) is -0.218. The summed E-state index contributed by atoms with van der Waals surface area (Å²) < 4.78 is 7.28. The fraction of sp³-hybridized carbons (Fsp3) is 0.250. The van der Waals surface area contributed by atoms with Gasteiger partial charge in [-0.3, -0.25) is 14.7 Å². The molecule has 2 aromatic heterocycles. The van der Waals surface area contributed by atoms with Crippen LogP contribution in [-0.2, 0) is 9.53 Å². The molecule has 8 heteroatoms. The van der Waals surface area contributed by atoms with Crippen molar-refractivity contribution in [3.63, 3.8) is 0 Å². The molecule has 0 fully saturated rings. The molecule has 0 spiro atoms. The van der Waals surface area contributed by atoms with Crippen molar-refractivity contribution in [2.45, 2.75) is 39.7 Å². The number of carbonyl (C=O) groups is 2. The van der Waals surface area contributed by atoms with Gasteiger partial charge in [-0.15, -0.1) is 11.3 Å². The van der Waals surface area contributed by atoms with Gasteiger partial charge in [0.2, 0.25) is 11.9 Å². The molecule has 0 atom stereocenters. The van der Waals surface area contributed by atoms with Gasteiger partial charge in [-0.05, 0) is 39.0 Å². The highest BCUT2D eigenvalue weighted by Gasteiger charge is 2.21. The minimum atomic E-state index is -0.597. The first-order chi connectivity index (χ1) is 15.2. The van der Waals surface area contributed by atoms with Crippen molar-refractivity contribution >= 4 is 40.2 Å². The van der Waals surface area contributed by atoms with Crippen LogP contribution in [0.15, 0.2) is 53.9 Å². The highest BCUT2D eigenvalue weighted by atomic mass is 32.1. The van der Waals surface area contributed by atoms with Gasteiger partial charge in [0.05, 0.1) is 22.3 Å². The zero-order valence-corrected chi connectivity index (χ0v) is 19.2. The van der Waals surface area contributed by atoms with Crippen molar-refractivity contribution in [1.29, 1.82) is 0 Å². The topological polar surface area (TPSA) is 86.1 Å². The average molecular weight is 449 g/mol. The summed E-state index contributed by atoms with van der Waals surface area (Å²) in [5.41, 5.74) is 2.94. The number of nitrogens with one attached hydrogen (secondary N) is 1. The smallest absolute Gasteiger partial charge is 0.338 e. The minimum absolute atomic E-state index is 0.159. The molecule has 32 heavy (non-hydrogen) atoms. The Hall–Kier alpha value is -3.52. The van der Waals surface area contributed by atoms with Gasteiger partial charge in [0, 0.05) is 17.4 Å². The highest BCUT2D eigenvalue weighted by molar-refractivity contribution is 7.12. The van der Waals surface area contributed by atoms with Gasteiger partial charge in [-0.25, -0.2) is 14.8 Å². The number of hydrogen-bond acceptors (Lipinski definition) is 6. The maximum atomic E-state index is 12.5. The summed E-state index contributed by atoms with van der Waals surface area (Å²) in [6.07, 6.45) is 0.319. The molecule has 0 aliphatic heterocycles. The fourth-order valence-corrected chi connectivity index (χ4v) is 3.99. The van der Waals surface area contributed by atoms with E-state index in [-0.39, 0.29) is 5.91 Å². The van der Waals surface area contributed by atoms with E-state index in [1.165, 1.54) is 11.3 Å². The number of carbonyl (C=O) groups excluding carboxylic acids is 2. The van der Waals surface area contributed by atoms with Crippen molar-refractivity contribution in [1.82, 2.24) is 14.5 Å². The molecule has 7 nitrogen and oxygen atoms in total. The summed E-state index contributed by atoms with van der Waals surface area (Å²) in [5, 5.41) is 5.49. The van der Waals surface area contributed by atoms with Crippen LogP contribution in [0, 0.1) is 0 Å². The van der Waals surface area contributed by atoms with E-state index in [1.807, 2.05) is 56.5 Å². The first kappa shape index (κ1) is 21.7. The van der Waals surface area contributed by atoms with Crippen LogP contribution in [0.5, 0.6) is 0 Å². The number of esters is 1. The van der Waals surface area contributed by atoms with Crippen molar-refractivity contribution < 1.29 is 14.3 Å². The lowest BCUT2D eigenvalue weighted by Gasteiger charge is -2.19. The number of thiazole rings is 1. The van der Waals surface area contributed by atoms with Crippen molar-refractivity contribution in [2.75, 3.05) is 5.32 Å². The van der Waals surface area contributed by atoms with Crippen LogP contribution in [0.3, 0.4) is 0 Å². The number of anilines is 1. The largest absolute Gasteiger partial charge is 0.456 e. The standard InChI is InChI=1S/C24H24N4O3S/c1-5-20(29)27-22-25-17-13-16(21(30)31-24(2,3)4)11-12-19(17)28(22)23-26-18(14-32-23)15-9-7-6-8-10-15/h6-14H,5H2,1-4H3,(H,25,27,29). The van der Waals surface area contributed by atoms with E-state index in [0.717, 1.165) is 16.8 Å². The number of benzene rings is 2. The van der Waals surface area contributed by atoms with E-state index in [4.69, 9.17) is 9.72 Å². The molecule has 2 heterocycles. The van der Waals surface area contributed by atoms with Crippen molar-refractivity contribution in [3.8, 4) is 16.4 Å². The zero-order chi connectivity index (χ0) is 22.9. The van der Waals surface area contributed by atoms with Gasteiger partial charge < -0.3 is 4.74 Å². The third-order valence-corrected chi connectivity index (χ3v) is 5.44. The summed E-state index contributed by atoms with van der Waals surface area (Å²) in [4.78, 5) is 34.0. The second-order valence-electron chi connectivity index (χ2n) is 8.26. The van der Waals surface area contributed by atoms with E-state index in [1.54, 1.807) is 29.7 Å². The predicted octanol–water partition coefficient (Wildman–Crippen LogP) is 5.45. The van der Waals surface area contributed by atoms with Gasteiger partial charge in [-0.2, -0.15) is 0 Å². The summed E-state index contributed by atoms with van der Waals surface area (Å²) in [6, 6.07) is 15.1. The number of rotatable bonds is 5. The highest BCUT2D eigenvalue weighted by Crippen LogP contribution is 2.31. The minimum Gasteiger partial charge on any atom is -0.456 e. The molecular weight excluding hydrogens is 424 g/mol. The van der Waals surface area contributed by atoms with E-state index < -0.39 is 11.6 Å². The Morgan fingerprint density at radius 1 is 1.09 bits per heavy atom. The van der Waals surface area contributed by atoms with Crippen LogP contribution in [0.25, 0.3) is 27.4 Å². The quantitative estimate of drug-likeness (QED) is 0.410. The number of hydrogen-bond donors (Lipinski definition) is 1. The zero-order valence-electron chi connectivity index (χ0n) is 18.4. The third kappa shape index (κ3) is 4.55. The monoisotopic (exact) mass is 448 g/mol. The fourth-order valence-electron chi connectivity index (χ4n) is 3.14. The molecular formula is C24H24N4O3S. The SMILES string of the molecule is CCC(=O)Nc1nc2cc(C(=O)OC(C)(C)C)ccc2n1-c1nc(-c2ccccc2)cs1. The molecule has 0 aliphatic rings. The Labute approximate surface area is 190 Å². The summed E-state index contributed by atoms with van der Waals surface area (Å²) in [6.45, 7) is 7.25. The first-order valence-corrected chi connectivity index (χ1v) is 11.2. The van der Waals surface area contributed by atoms with Gasteiger partial charge in [-0.1, -0.05) is 37.3 Å². The maximum Gasteiger partial charge on any atom is 0.338 e. The van der Waals surface area contributed by atoms with Crippen LogP contribution >= 0.6 is 11.3 Å². The molecule has 0 radical (unpaired) electrons. The van der Waals surface area contributed by atoms with E-state index in [9.17, 15) is 9.59 Å². The second kappa shape index (κ2) is 8.55. The Kier molecular flexibility index (Phi) is 5.80. The first-order valence-electron chi connectivity index (χ1n) is 10.3. The number of amides is 1. The van der Waals surface area contributed by atoms with E-state index >= 15 is 0 Å². The van der Waals surface area contributed by atoms with Crippen molar-refractivity contribution in [2.24, 2.45) is 0 Å². The van der Waals surface area contributed by atoms with Crippen LogP contribution in [-0.4, -0.2) is 32.0 Å². The second-order valence-corrected chi connectivity index (χ2v) is 9.10. The molecule has 2 aromatic carbocycles. The summed E-state index contributed by atoms with van der Waals surface area (Å²) in [7, 11) is 0. The Morgan fingerprint density at radius 2 is 1.84 bits per heavy atom. The van der Waals surface area contributed by atoms with Gasteiger partial charge in [0.25, 0.3) is 0 Å². The molecule has 0 bridgehead atoms. The lowest BCUT2D eigenvalue weighted by molar-refractivity contribution is -0.115. The van der Waals surface area contributed by atoms with Crippen LogP contribution in [0.1, 0.15) is 44.5 Å². The van der Waals surface area contributed by atoms with Crippen molar-refractivity contribution in [3.05, 3.63) is 59.5 Å². The lowest BCUT2D eigenvalue weighted by Crippen LogP contribution is -2.23. The molecule has 164 valence electrons. The number of aromatic nitrogens is 3. The average Bonchev–Trinajstić information content (AvgIpc) is 3.36. The van der Waals surface area contributed by atoms with Crippen LogP contribution in [0.4, 0.5) is 5.95 Å². The van der Waals surface area contributed by atoms with Gasteiger partial charge in [0.1, 0.15) is 5.60 Å². The number of ether oxygens (including phenoxy) is 1. The third-order valence-electron chi connectivity index (χ3n) is 4.61. The number of imidazole rings is 1.